The molecule has 0 atom stereocenters. The Morgan fingerprint density at radius 2 is 1.56 bits per heavy atom. The normalized spacial score (nSPS) is 16.6. The lowest BCUT2D eigenvalue weighted by Gasteiger charge is -2.32. The number of unbranched alkanes of at least 4 members (excludes halogenated alkanes) is 1. The first kappa shape index (κ1) is 31.0. The minimum absolute atomic E-state index is 0.101. The Morgan fingerprint density at radius 3 is 2.29 bits per heavy atom. The first-order valence-electron chi connectivity index (χ1n) is 16.0. The number of nitrogens with zero attached hydrogens (tertiary/aromatic N) is 2. The van der Waals surface area contributed by atoms with Gasteiger partial charge >= 0.3 is 0 Å². The lowest BCUT2D eigenvalue weighted by molar-refractivity contribution is -0.114. The predicted octanol–water partition coefficient (Wildman–Crippen LogP) is 8.81. The Kier molecular flexibility index (Phi) is 10.2. The standard InChI is InChI=1S/C39H39FN2O2S/c40-34-17-14-32(15-18-34)28-42-35-27-33(16-19-37(35)45-38(39(42)44)26-30-11-5-2-6-12-30)36(43)13-7-8-22-41-23-20-31(21-24-41)25-29-9-3-1-4-10-29/h1-6,9-12,14-19,26-27,31H,7-8,13,20-25,28H2/b38-26-. The number of rotatable bonds is 11. The summed E-state index contributed by atoms with van der Waals surface area (Å²) in [5, 5.41) is 0. The molecule has 1 amide bonds. The zero-order valence-electron chi connectivity index (χ0n) is 25.5. The van der Waals surface area contributed by atoms with Crippen molar-refractivity contribution in [1.82, 2.24) is 4.90 Å². The van der Waals surface area contributed by atoms with Crippen LogP contribution in [-0.2, 0) is 17.8 Å². The molecule has 2 aliphatic rings. The Labute approximate surface area is 270 Å². The number of carbonyl (C=O) groups excluding carboxylic acids is 2. The van der Waals surface area contributed by atoms with Crippen molar-refractivity contribution >= 4 is 35.2 Å². The summed E-state index contributed by atoms with van der Waals surface area (Å²) in [6.45, 7) is 3.58. The molecule has 1 saturated heterocycles. The van der Waals surface area contributed by atoms with Gasteiger partial charge in [0, 0.05) is 16.9 Å². The van der Waals surface area contributed by atoms with E-state index in [2.05, 4.69) is 35.2 Å². The van der Waals surface area contributed by atoms with Crippen LogP contribution < -0.4 is 4.90 Å². The minimum atomic E-state index is -0.315. The number of likely N-dealkylation sites (tertiary alicyclic amines) is 1. The van der Waals surface area contributed by atoms with Crippen LogP contribution in [0.4, 0.5) is 10.1 Å². The third kappa shape index (κ3) is 8.19. The molecular weight excluding hydrogens is 580 g/mol. The van der Waals surface area contributed by atoms with E-state index in [1.54, 1.807) is 17.0 Å². The SMILES string of the molecule is O=C(CCCCN1CCC(Cc2ccccc2)CC1)c1ccc2c(c1)N(Cc1ccc(F)cc1)C(=O)/C(=C/c1ccccc1)S2. The van der Waals surface area contributed by atoms with Gasteiger partial charge in [-0.2, -0.15) is 0 Å². The topological polar surface area (TPSA) is 40.6 Å². The smallest absolute Gasteiger partial charge is 0.265 e. The van der Waals surface area contributed by atoms with Crippen molar-refractivity contribution in [2.75, 3.05) is 24.5 Å². The van der Waals surface area contributed by atoms with E-state index in [9.17, 15) is 14.0 Å². The number of Topliss-reactive ketones (excluding diaryl/α,β-unsaturated/α-hetero) is 1. The second-order valence-electron chi connectivity index (χ2n) is 12.1. The number of piperidine rings is 1. The van der Waals surface area contributed by atoms with E-state index in [4.69, 9.17) is 0 Å². The number of thioether (sulfide) groups is 1. The average molecular weight is 619 g/mol. The molecule has 0 N–H and O–H groups in total. The lowest BCUT2D eigenvalue weighted by atomic mass is 9.90. The van der Waals surface area contributed by atoms with Crippen molar-refractivity contribution in [2.24, 2.45) is 5.92 Å². The summed E-state index contributed by atoms with van der Waals surface area (Å²) in [4.78, 5) is 32.9. The Morgan fingerprint density at radius 1 is 0.844 bits per heavy atom. The summed E-state index contributed by atoms with van der Waals surface area (Å²) in [5.41, 5.74) is 4.55. The van der Waals surface area contributed by atoms with E-state index in [0.29, 0.717) is 23.4 Å². The number of carbonyl (C=O) groups is 2. The van der Waals surface area contributed by atoms with Gasteiger partial charge in [-0.1, -0.05) is 90.6 Å². The quantitative estimate of drug-likeness (QED) is 0.0957. The maximum Gasteiger partial charge on any atom is 0.265 e. The van der Waals surface area contributed by atoms with E-state index < -0.39 is 0 Å². The van der Waals surface area contributed by atoms with Gasteiger partial charge in [-0.25, -0.2) is 4.39 Å². The summed E-state index contributed by atoms with van der Waals surface area (Å²) >= 11 is 1.43. The molecule has 230 valence electrons. The van der Waals surface area contributed by atoms with E-state index >= 15 is 0 Å². The first-order chi connectivity index (χ1) is 22.0. The first-order valence-corrected chi connectivity index (χ1v) is 16.8. The third-order valence-electron chi connectivity index (χ3n) is 8.80. The van der Waals surface area contributed by atoms with Gasteiger partial charge < -0.3 is 9.80 Å². The highest BCUT2D eigenvalue weighted by Crippen LogP contribution is 2.43. The number of anilines is 1. The molecule has 4 aromatic rings. The van der Waals surface area contributed by atoms with Gasteiger partial charge in [0.05, 0.1) is 17.1 Å². The zero-order chi connectivity index (χ0) is 31.0. The molecule has 2 heterocycles. The molecule has 0 unspecified atom stereocenters. The zero-order valence-corrected chi connectivity index (χ0v) is 26.4. The highest BCUT2D eigenvalue weighted by atomic mass is 32.2. The number of hydrogen-bond acceptors (Lipinski definition) is 4. The van der Waals surface area contributed by atoms with Gasteiger partial charge in [0.25, 0.3) is 5.91 Å². The summed E-state index contributed by atoms with van der Waals surface area (Å²) in [6, 6.07) is 32.5. The Balaban J connectivity index is 1.07. The van der Waals surface area contributed by atoms with Crippen LogP contribution in [0, 0.1) is 11.7 Å². The van der Waals surface area contributed by atoms with Crippen LogP contribution >= 0.6 is 11.8 Å². The van der Waals surface area contributed by atoms with Gasteiger partial charge in [-0.3, -0.25) is 9.59 Å². The van der Waals surface area contributed by atoms with Crippen LogP contribution in [0.3, 0.4) is 0 Å². The van der Waals surface area contributed by atoms with Crippen molar-refractivity contribution in [2.45, 2.75) is 50.0 Å². The molecule has 4 nitrogen and oxygen atoms in total. The molecular formula is C39H39FN2O2S. The van der Waals surface area contributed by atoms with E-state index in [1.165, 1.54) is 48.7 Å². The predicted molar refractivity (Wildman–Crippen MR) is 182 cm³/mol. The number of ketones is 1. The van der Waals surface area contributed by atoms with Gasteiger partial charge in [-0.15, -0.1) is 0 Å². The fourth-order valence-electron chi connectivity index (χ4n) is 6.24. The van der Waals surface area contributed by atoms with Gasteiger partial charge in [0.1, 0.15) is 5.82 Å². The maximum absolute atomic E-state index is 13.8. The highest BCUT2D eigenvalue weighted by molar-refractivity contribution is 8.04. The Bertz CT molecular complexity index is 1630. The molecule has 1 fully saturated rings. The van der Waals surface area contributed by atoms with Crippen molar-refractivity contribution in [1.29, 1.82) is 0 Å². The number of halogens is 1. The molecule has 0 saturated carbocycles. The molecule has 2 aliphatic heterocycles. The van der Waals surface area contributed by atoms with Crippen molar-refractivity contribution in [3.05, 3.63) is 136 Å². The Hall–Kier alpha value is -4.00. The van der Waals surface area contributed by atoms with Gasteiger partial charge in [-0.05, 0) is 105 Å². The minimum Gasteiger partial charge on any atom is -0.303 e. The average Bonchev–Trinajstić information content (AvgIpc) is 3.07. The summed E-state index contributed by atoms with van der Waals surface area (Å²) in [5.74, 6) is 0.415. The van der Waals surface area contributed by atoms with E-state index in [1.807, 2.05) is 54.6 Å². The molecule has 45 heavy (non-hydrogen) atoms. The lowest BCUT2D eigenvalue weighted by Crippen LogP contribution is -2.35. The second kappa shape index (κ2) is 14.9. The van der Waals surface area contributed by atoms with Crippen LogP contribution in [0.5, 0.6) is 0 Å². The second-order valence-corrected chi connectivity index (χ2v) is 13.2. The summed E-state index contributed by atoms with van der Waals surface area (Å²) in [7, 11) is 0. The largest absolute Gasteiger partial charge is 0.303 e. The van der Waals surface area contributed by atoms with Crippen molar-refractivity contribution < 1.29 is 14.0 Å². The molecule has 0 aromatic heterocycles. The van der Waals surface area contributed by atoms with Crippen LogP contribution in [0.1, 0.15) is 59.2 Å². The van der Waals surface area contributed by atoms with Crippen LogP contribution in [0.15, 0.2) is 113 Å². The molecule has 6 rings (SSSR count). The van der Waals surface area contributed by atoms with Crippen molar-refractivity contribution in [3.63, 3.8) is 0 Å². The van der Waals surface area contributed by atoms with Gasteiger partial charge in [0.2, 0.25) is 0 Å². The fourth-order valence-corrected chi connectivity index (χ4v) is 7.28. The number of benzene rings is 4. The summed E-state index contributed by atoms with van der Waals surface area (Å²) in [6.07, 6.45) is 7.86. The molecule has 0 radical (unpaired) electrons. The maximum atomic E-state index is 13.8. The van der Waals surface area contributed by atoms with E-state index in [-0.39, 0.29) is 17.5 Å². The van der Waals surface area contributed by atoms with Crippen LogP contribution in [0.25, 0.3) is 6.08 Å². The number of hydrogen-bond donors (Lipinski definition) is 0. The number of amides is 1. The number of fused-ring (bicyclic) bond motifs is 1. The van der Waals surface area contributed by atoms with Gasteiger partial charge in [0.15, 0.2) is 5.78 Å². The van der Waals surface area contributed by atoms with Crippen LogP contribution in [0.2, 0.25) is 0 Å². The van der Waals surface area contributed by atoms with Crippen LogP contribution in [-0.4, -0.2) is 36.2 Å². The third-order valence-corrected chi connectivity index (χ3v) is 9.88. The molecule has 0 bridgehead atoms. The molecule has 0 aliphatic carbocycles. The molecule has 6 heteroatoms. The van der Waals surface area contributed by atoms with E-state index in [0.717, 1.165) is 60.1 Å². The van der Waals surface area contributed by atoms with Crippen molar-refractivity contribution in [3.8, 4) is 0 Å². The fraction of sp³-hybridized carbons (Fsp3) is 0.282. The monoisotopic (exact) mass is 618 g/mol. The molecule has 0 spiro atoms. The molecule has 4 aromatic carbocycles. The highest BCUT2D eigenvalue weighted by Gasteiger charge is 2.30. The summed E-state index contributed by atoms with van der Waals surface area (Å²) < 4.78 is 13.6.